The number of hydrogen-bond donors (Lipinski definition) is 3. The fourth-order valence-electron chi connectivity index (χ4n) is 1.76. The number of nitrogens with zero attached hydrogens (tertiary/aromatic N) is 1. The number of amides is 3. The van der Waals surface area contributed by atoms with Crippen LogP contribution in [0, 0.1) is 0 Å². The van der Waals surface area contributed by atoms with Crippen LogP contribution < -0.4 is 16.8 Å². The van der Waals surface area contributed by atoms with Gasteiger partial charge in [-0.3, -0.25) is 19.8 Å². The fraction of sp³-hybridized carbons (Fsp3) is 0.769. The standard InChI is InChI=1S/C9H16N2O3S.C4H8N2OS.ClH/c1-9(2,3)14-8(13)11-5-15-4-6(11)7(10)12;5-4(7)3-1-8-2-6-3;/h6H,4-5H2,1-3H3,(H2,10,12);3,6H,1-2H2,(H2,5,7);1H/t6-;3-;/m00./s1. The Labute approximate surface area is 156 Å². The van der Waals surface area contributed by atoms with Gasteiger partial charge >= 0.3 is 6.09 Å². The molecule has 0 bridgehead atoms. The lowest BCUT2D eigenvalue weighted by Crippen LogP contribution is -2.46. The summed E-state index contributed by atoms with van der Waals surface area (Å²) in [6, 6.07) is -0.621. The van der Waals surface area contributed by atoms with Crippen LogP contribution in [0.5, 0.6) is 0 Å². The van der Waals surface area contributed by atoms with Crippen molar-refractivity contribution in [2.75, 3.05) is 23.3 Å². The van der Waals surface area contributed by atoms with Gasteiger partial charge in [-0.05, 0) is 20.8 Å². The molecule has 0 aromatic rings. The Balaban J connectivity index is 0.000000498. The summed E-state index contributed by atoms with van der Waals surface area (Å²) in [5.74, 6) is 1.97. The van der Waals surface area contributed by atoms with E-state index in [1.54, 1.807) is 32.5 Å². The first-order chi connectivity index (χ1) is 10.6. The summed E-state index contributed by atoms with van der Waals surface area (Å²) in [4.78, 5) is 34.4. The third kappa shape index (κ3) is 7.82. The van der Waals surface area contributed by atoms with Gasteiger partial charge in [0.2, 0.25) is 11.8 Å². The summed E-state index contributed by atoms with van der Waals surface area (Å²) in [6.07, 6.45) is -0.476. The van der Waals surface area contributed by atoms with Crippen molar-refractivity contribution in [3.63, 3.8) is 0 Å². The number of carbonyl (C=O) groups is 3. The summed E-state index contributed by atoms with van der Waals surface area (Å²) >= 11 is 3.20. The van der Waals surface area contributed by atoms with Gasteiger partial charge in [0.25, 0.3) is 0 Å². The van der Waals surface area contributed by atoms with Crippen molar-refractivity contribution < 1.29 is 19.1 Å². The van der Waals surface area contributed by atoms with Gasteiger partial charge in [-0.15, -0.1) is 35.9 Å². The number of hydrogen-bond acceptors (Lipinski definition) is 7. The molecular formula is C13H25ClN4O4S2. The highest BCUT2D eigenvalue weighted by Crippen LogP contribution is 2.23. The molecule has 0 spiro atoms. The zero-order valence-corrected chi connectivity index (χ0v) is 16.4. The van der Waals surface area contributed by atoms with Gasteiger partial charge in [-0.1, -0.05) is 0 Å². The van der Waals surface area contributed by atoms with Crippen LogP contribution in [-0.4, -0.2) is 63.8 Å². The molecule has 0 radical (unpaired) electrons. The summed E-state index contributed by atoms with van der Waals surface area (Å²) in [7, 11) is 0. The minimum absolute atomic E-state index is 0. The fourth-order valence-corrected chi connectivity index (χ4v) is 3.87. The van der Waals surface area contributed by atoms with E-state index in [0.29, 0.717) is 11.6 Å². The predicted molar refractivity (Wildman–Crippen MR) is 99.1 cm³/mol. The summed E-state index contributed by atoms with van der Waals surface area (Å²) < 4.78 is 5.17. The van der Waals surface area contributed by atoms with Crippen molar-refractivity contribution in [2.45, 2.75) is 38.5 Å². The lowest BCUT2D eigenvalue weighted by atomic mass is 10.2. The van der Waals surface area contributed by atoms with Crippen molar-refractivity contribution >= 4 is 53.8 Å². The van der Waals surface area contributed by atoms with E-state index in [4.69, 9.17) is 16.2 Å². The minimum Gasteiger partial charge on any atom is -0.444 e. The van der Waals surface area contributed by atoms with Gasteiger partial charge in [0, 0.05) is 17.4 Å². The van der Waals surface area contributed by atoms with E-state index in [9.17, 15) is 14.4 Å². The molecule has 0 aromatic heterocycles. The number of carbonyl (C=O) groups excluding carboxylic acids is 3. The van der Waals surface area contributed by atoms with E-state index in [1.165, 1.54) is 16.7 Å². The van der Waals surface area contributed by atoms with Gasteiger partial charge in [0.05, 0.1) is 11.9 Å². The van der Waals surface area contributed by atoms with Gasteiger partial charge in [0.1, 0.15) is 11.6 Å². The maximum absolute atomic E-state index is 11.7. The first kappa shape index (κ1) is 23.2. The number of thioether (sulfide) groups is 2. The molecule has 140 valence electrons. The Bertz CT molecular complexity index is 456. The lowest BCUT2D eigenvalue weighted by Gasteiger charge is -2.26. The molecule has 0 aromatic carbocycles. The predicted octanol–water partition coefficient (Wildman–Crippen LogP) is 0.338. The van der Waals surface area contributed by atoms with Gasteiger partial charge in [0.15, 0.2) is 0 Å². The average molecular weight is 401 g/mol. The monoisotopic (exact) mass is 400 g/mol. The zero-order chi connectivity index (χ0) is 17.6. The molecule has 2 aliphatic heterocycles. The van der Waals surface area contributed by atoms with Crippen molar-refractivity contribution in [1.29, 1.82) is 0 Å². The van der Waals surface area contributed by atoms with Crippen LogP contribution in [0.25, 0.3) is 0 Å². The van der Waals surface area contributed by atoms with Crippen LogP contribution in [0.1, 0.15) is 20.8 Å². The van der Waals surface area contributed by atoms with E-state index in [-0.39, 0.29) is 24.4 Å². The van der Waals surface area contributed by atoms with Crippen LogP contribution in [0.2, 0.25) is 0 Å². The molecule has 3 amide bonds. The third-order valence-corrected chi connectivity index (χ3v) is 4.85. The molecule has 2 rings (SSSR count). The Kier molecular flexibility index (Phi) is 9.86. The zero-order valence-electron chi connectivity index (χ0n) is 13.9. The third-order valence-electron chi connectivity index (χ3n) is 2.90. The van der Waals surface area contributed by atoms with E-state index in [2.05, 4.69) is 5.32 Å². The lowest BCUT2D eigenvalue weighted by molar-refractivity contribution is -0.122. The molecule has 2 heterocycles. The molecule has 2 fully saturated rings. The maximum atomic E-state index is 11.7. The second-order valence-electron chi connectivity index (χ2n) is 6.04. The Morgan fingerprint density at radius 1 is 1.12 bits per heavy atom. The highest BCUT2D eigenvalue weighted by Gasteiger charge is 2.35. The SMILES string of the molecule is CC(C)(C)OC(=O)N1CSC[C@H]1C(N)=O.Cl.NC(=O)[C@@H]1CSCN1. The molecule has 11 heteroatoms. The molecular weight excluding hydrogens is 376 g/mol. The summed E-state index contributed by atoms with van der Waals surface area (Å²) in [5.41, 5.74) is 9.62. The molecule has 24 heavy (non-hydrogen) atoms. The summed E-state index contributed by atoms with van der Waals surface area (Å²) in [5, 5.41) is 2.94. The highest BCUT2D eigenvalue weighted by molar-refractivity contribution is 7.99. The molecule has 5 N–H and O–H groups in total. The largest absolute Gasteiger partial charge is 0.444 e. The summed E-state index contributed by atoms with van der Waals surface area (Å²) in [6.45, 7) is 5.36. The van der Waals surface area contributed by atoms with Crippen LogP contribution in [-0.2, 0) is 14.3 Å². The van der Waals surface area contributed by atoms with Crippen LogP contribution in [0.15, 0.2) is 0 Å². The smallest absolute Gasteiger partial charge is 0.411 e. The van der Waals surface area contributed by atoms with E-state index >= 15 is 0 Å². The molecule has 0 aliphatic carbocycles. The van der Waals surface area contributed by atoms with E-state index in [0.717, 1.165) is 11.6 Å². The topological polar surface area (TPSA) is 128 Å². The second kappa shape index (κ2) is 10.2. The Hall–Kier alpha value is -0.840. The molecule has 2 atom stereocenters. The van der Waals surface area contributed by atoms with E-state index < -0.39 is 23.6 Å². The number of nitrogens with one attached hydrogen (secondary N) is 1. The highest BCUT2D eigenvalue weighted by atomic mass is 35.5. The van der Waals surface area contributed by atoms with Gasteiger partial charge < -0.3 is 16.2 Å². The average Bonchev–Trinajstić information content (AvgIpc) is 3.09. The van der Waals surface area contributed by atoms with Crippen LogP contribution >= 0.6 is 35.9 Å². The number of rotatable bonds is 2. The normalized spacial score (nSPS) is 22.9. The molecule has 0 unspecified atom stereocenters. The van der Waals surface area contributed by atoms with Gasteiger partial charge in [-0.25, -0.2) is 4.79 Å². The van der Waals surface area contributed by atoms with Crippen LogP contribution in [0.3, 0.4) is 0 Å². The van der Waals surface area contributed by atoms with Crippen molar-refractivity contribution in [3.05, 3.63) is 0 Å². The molecule has 8 nitrogen and oxygen atoms in total. The van der Waals surface area contributed by atoms with E-state index in [1.807, 2.05) is 0 Å². The van der Waals surface area contributed by atoms with Crippen LogP contribution in [0.4, 0.5) is 4.79 Å². The molecule has 2 saturated heterocycles. The minimum atomic E-state index is -0.549. The second-order valence-corrected chi connectivity index (χ2v) is 8.07. The number of nitrogens with two attached hydrogens (primary N) is 2. The number of primary amides is 2. The van der Waals surface area contributed by atoms with Crippen molar-refractivity contribution in [3.8, 4) is 0 Å². The quantitative estimate of drug-likeness (QED) is 0.609. The molecule has 2 aliphatic rings. The molecule has 0 saturated carbocycles. The first-order valence-electron chi connectivity index (χ1n) is 7.09. The number of ether oxygens (including phenoxy) is 1. The Morgan fingerprint density at radius 3 is 2.12 bits per heavy atom. The van der Waals surface area contributed by atoms with Gasteiger partial charge in [-0.2, -0.15) is 0 Å². The maximum Gasteiger partial charge on any atom is 0.411 e. The first-order valence-corrected chi connectivity index (χ1v) is 9.40. The van der Waals surface area contributed by atoms with Crippen molar-refractivity contribution in [2.24, 2.45) is 11.5 Å². The number of halogens is 1. The van der Waals surface area contributed by atoms with Crippen molar-refractivity contribution in [1.82, 2.24) is 10.2 Å². The Morgan fingerprint density at radius 2 is 1.75 bits per heavy atom.